The van der Waals surface area contributed by atoms with Crippen molar-refractivity contribution in [2.45, 2.75) is 24.5 Å². The van der Waals surface area contributed by atoms with Crippen molar-refractivity contribution in [3.63, 3.8) is 0 Å². The Kier molecular flexibility index (Phi) is 5.94. The number of nitrogens with one attached hydrogen (secondary N) is 1. The molecule has 2 atom stereocenters. The molecule has 2 aliphatic heterocycles. The Morgan fingerprint density at radius 1 is 1.09 bits per heavy atom. The van der Waals surface area contributed by atoms with E-state index in [4.69, 9.17) is 24.3 Å². The molecule has 2 aliphatic rings. The maximum Gasteiger partial charge on any atom is 0.257 e. The molecule has 0 bridgehead atoms. The molecule has 0 unspecified atom stereocenters. The lowest BCUT2D eigenvalue weighted by Crippen LogP contribution is -2.49. The van der Waals surface area contributed by atoms with Crippen molar-refractivity contribution in [3.05, 3.63) is 89.5 Å². The number of benzene rings is 3. The van der Waals surface area contributed by atoms with Crippen LogP contribution >= 0.6 is 0 Å². The Labute approximate surface area is 198 Å². The van der Waals surface area contributed by atoms with Gasteiger partial charge in [0.05, 0.1) is 13.7 Å². The van der Waals surface area contributed by atoms with E-state index in [1.54, 1.807) is 7.11 Å². The molecular formula is C27H26N2O5. The number of aliphatic hydroxyl groups excluding tert-OH is 1. The van der Waals surface area contributed by atoms with Gasteiger partial charge in [0.25, 0.3) is 5.91 Å². The number of hydrogen-bond acceptors (Lipinski definition) is 6. The predicted molar refractivity (Wildman–Crippen MR) is 129 cm³/mol. The SMILES string of the molecule is COc1cccc([C@@H]2OC(c3ccc(OCCCO)cc3)=N[C@@]23Cc2ccccc2NC3=O)c1. The minimum Gasteiger partial charge on any atom is -0.497 e. The summed E-state index contributed by atoms with van der Waals surface area (Å²) in [5, 5.41) is 12.0. The third kappa shape index (κ3) is 3.99. The van der Waals surface area contributed by atoms with Crippen LogP contribution in [0.1, 0.15) is 29.2 Å². The molecular weight excluding hydrogens is 432 g/mol. The molecule has 5 rings (SSSR count). The van der Waals surface area contributed by atoms with Crippen molar-refractivity contribution < 1.29 is 24.1 Å². The number of methoxy groups -OCH3 is 1. The monoisotopic (exact) mass is 458 g/mol. The molecule has 3 aromatic rings. The fourth-order valence-electron chi connectivity index (χ4n) is 4.40. The first-order valence-corrected chi connectivity index (χ1v) is 11.3. The second-order valence-corrected chi connectivity index (χ2v) is 8.35. The van der Waals surface area contributed by atoms with Crippen LogP contribution in [-0.2, 0) is 16.0 Å². The average molecular weight is 459 g/mol. The van der Waals surface area contributed by atoms with E-state index in [0.717, 1.165) is 22.4 Å². The van der Waals surface area contributed by atoms with Crippen LogP contribution < -0.4 is 14.8 Å². The van der Waals surface area contributed by atoms with E-state index in [1.807, 2.05) is 72.8 Å². The maximum absolute atomic E-state index is 13.5. The normalized spacial score (nSPS) is 20.8. The molecule has 7 nitrogen and oxygen atoms in total. The summed E-state index contributed by atoms with van der Waals surface area (Å²) < 4.78 is 17.5. The summed E-state index contributed by atoms with van der Waals surface area (Å²) in [6.07, 6.45) is 0.369. The number of fused-ring (bicyclic) bond motifs is 1. The van der Waals surface area contributed by atoms with Crippen molar-refractivity contribution in [3.8, 4) is 11.5 Å². The van der Waals surface area contributed by atoms with Crippen LogP contribution in [0, 0.1) is 0 Å². The highest BCUT2D eigenvalue weighted by molar-refractivity contribution is 6.07. The molecule has 0 saturated heterocycles. The van der Waals surface area contributed by atoms with E-state index in [1.165, 1.54) is 0 Å². The molecule has 0 fully saturated rings. The molecule has 0 saturated carbocycles. The summed E-state index contributed by atoms with van der Waals surface area (Å²) in [6.45, 7) is 0.523. The first-order chi connectivity index (χ1) is 16.6. The number of rotatable bonds is 7. The second kappa shape index (κ2) is 9.19. The Morgan fingerprint density at radius 3 is 2.71 bits per heavy atom. The van der Waals surface area contributed by atoms with Crippen molar-refractivity contribution in [2.75, 3.05) is 25.6 Å². The summed E-state index contributed by atoms with van der Waals surface area (Å²) in [4.78, 5) is 18.4. The van der Waals surface area contributed by atoms with Crippen molar-refractivity contribution in [1.82, 2.24) is 0 Å². The van der Waals surface area contributed by atoms with Crippen LogP contribution in [0.3, 0.4) is 0 Å². The molecule has 7 heteroatoms. The van der Waals surface area contributed by atoms with Gasteiger partial charge in [-0.15, -0.1) is 0 Å². The number of carbonyl (C=O) groups is 1. The van der Waals surface area contributed by atoms with Crippen LogP contribution in [0.2, 0.25) is 0 Å². The summed E-state index contributed by atoms with van der Waals surface area (Å²) >= 11 is 0. The van der Waals surface area contributed by atoms with E-state index < -0.39 is 11.6 Å². The lowest BCUT2D eigenvalue weighted by atomic mass is 9.79. The van der Waals surface area contributed by atoms with E-state index in [9.17, 15) is 4.79 Å². The molecule has 0 aromatic heterocycles. The molecule has 1 amide bonds. The minimum absolute atomic E-state index is 0.0850. The van der Waals surface area contributed by atoms with Crippen LogP contribution in [-0.4, -0.2) is 42.8 Å². The quantitative estimate of drug-likeness (QED) is 0.524. The number of aliphatic imine (C=N–C) groups is 1. The summed E-state index contributed by atoms with van der Waals surface area (Å²) in [7, 11) is 1.61. The van der Waals surface area contributed by atoms with Gasteiger partial charge in [-0.25, -0.2) is 4.99 Å². The van der Waals surface area contributed by atoms with E-state index in [0.29, 0.717) is 36.8 Å². The largest absolute Gasteiger partial charge is 0.497 e. The third-order valence-corrected chi connectivity index (χ3v) is 6.15. The molecule has 3 aromatic carbocycles. The Morgan fingerprint density at radius 2 is 1.91 bits per heavy atom. The van der Waals surface area contributed by atoms with Gasteiger partial charge >= 0.3 is 0 Å². The highest BCUT2D eigenvalue weighted by Crippen LogP contribution is 2.46. The Hall–Kier alpha value is -3.84. The van der Waals surface area contributed by atoms with Gasteiger partial charge in [0, 0.05) is 30.7 Å². The van der Waals surface area contributed by atoms with Gasteiger partial charge in [0.2, 0.25) is 5.90 Å². The fourth-order valence-corrected chi connectivity index (χ4v) is 4.40. The lowest BCUT2D eigenvalue weighted by Gasteiger charge is -2.35. The van der Waals surface area contributed by atoms with Crippen molar-refractivity contribution in [2.24, 2.45) is 4.99 Å². The molecule has 0 aliphatic carbocycles. The number of nitrogens with zero attached hydrogens (tertiary/aromatic N) is 1. The van der Waals surface area contributed by atoms with Gasteiger partial charge in [0.1, 0.15) is 11.5 Å². The number of para-hydroxylation sites is 1. The van der Waals surface area contributed by atoms with Gasteiger partial charge in [-0.05, 0) is 53.6 Å². The first kappa shape index (κ1) is 22.0. The van der Waals surface area contributed by atoms with E-state index >= 15 is 0 Å². The molecule has 34 heavy (non-hydrogen) atoms. The van der Waals surface area contributed by atoms with Gasteiger partial charge in [-0.1, -0.05) is 30.3 Å². The predicted octanol–water partition coefficient (Wildman–Crippen LogP) is 3.91. The van der Waals surface area contributed by atoms with Crippen molar-refractivity contribution >= 4 is 17.5 Å². The average Bonchev–Trinajstić information content (AvgIpc) is 3.25. The number of carbonyl (C=O) groups excluding carboxylic acids is 1. The third-order valence-electron chi connectivity index (χ3n) is 6.15. The smallest absolute Gasteiger partial charge is 0.257 e. The zero-order chi connectivity index (χ0) is 23.5. The topological polar surface area (TPSA) is 89.4 Å². The number of hydrogen-bond donors (Lipinski definition) is 2. The number of ether oxygens (including phenoxy) is 3. The highest BCUT2D eigenvalue weighted by atomic mass is 16.5. The van der Waals surface area contributed by atoms with E-state index in [-0.39, 0.29) is 12.5 Å². The van der Waals surface area contributed by atoms with Crippen molar-refractivity contribution in [1.29, 1.82) is 0 Å². The van der Waals surface area contributed by atoms with Crippen LogP contribution in [0.25, 0.3) is 0 Å². The number of amides is 1. The minimum atomic E-state index is -1.15. The standard InChI is InChI=1S/C27H26N2O5/c1-32-22-8-4-7-19(16-22)24-27(17-20-6-2-3-9-23(20)28-26(27)31)29-25(34-24)18-10-12-21(13-11-18)33-15-5-14-30/h2-4,6-13,16,24,30H,5,14-15,17H2,1H3,(H,28,31)/t24-,27-/m0/s1. The molecule has 174 valence electrons. The zero-order valence-corrected chi connectivity index (χ0v) is 18.9. The van der Waals surface area contributed by atoms with Gasteiger partial charge in [0.15, 0.2) is 11.6 Å². The first-order valence-electron chi connectivity index (χ1n) is 11.3. The fraction of sp³-hybridized carbons (Fsp3) is 0.259. The van der Waals surface area contributed by atoms with Crippen LogP contribution in [0.15, 0.2) is 77.8 Å². The summed E-state index contributed by atoms with van der Waals surface area (Å²) in [5.74, 6) is 1.59. The second-order valence-electron chi connectivity index (χ2n) is 8.35. The summed E-state index contributed by atoms with van der Waals surface area (Å²) in [6, 6.07) is 22.7. The molecule has 0 radical (unpaired) electrons. The van der Waals surface area contributed by atoms with Crippen LogP contribution in [0.4, 0.5) is 5.69 Å². The maximum atomic E-state index is 13.5. The van der Waals surface area contributed by atoms with Crippen LogP contribution in [0.5, 0.6) is 11.5 Å². The molecule has 1 spiro atoms. The Bertz CT molecular complexity index is 1220. The molecule has 2 heterocycles. The van der Waals surface area contributed by atoms with Gasteiger partial charge in [-0.2, -0.15) is 0 Å². The number of aliphatic hydroxyl groups is 1. The molecule has 2 N–H and O–H groups in total. The van der Waals surface area contributed by atoms with Gasteiger partial charge in [-0.3, -0.25) is 4.79 Å². The Balaban J connectivity index is 1.53. The zero-order valence-electron chi connectivity index (χ0n) is 18.9. The van der Waals surface area contributed by atoms with Gasteiger partial charge < -0.3 is 24.6 Å². The summed E-state index contributed by atoms with van der Waals surface area (Å²) in [5.41, 5.74) is 2.24. The van der Waals surface area contributed by atoms with E-state index in [2.05, 4.69) is 5.32 Å². The number of anilines is 1. The highest BCUT2D eigenvalue weighted by Gasteiger charge is 2.55. The lowest BCUT2D eigenvalue weighted by molar-refractivity contribution is -0.124.